The number of nitrogens with zero attached hydrogens (tertiary/aromatic N) is 3. The second-order valence-corrected chi connectivity index (χ2v) is 4.43. The van der Waals surface area contributed by atoms with E-state index in [0.29, 0.717) is 11.5 Å². The standard InChI is InChI=1S/C12H19N3O2/c16-8-10-6-13-12(14-7-10)15-5-3-1-2-4-11(15)9-17/h6-7,11,16-17H,1-5,8-9H2. The van der Waals surface area contributed by atoms with E-state index in [1.165, 1.54) is 6.42 Å². The molecule has 5 nitrogen and oxygen atoms in total. The smallest absolute Gasteiger partial charge is 0.225 e. The van der Waals surface area contributed by atoms with Crippen molar-refractivity contribution in [2.75, 3.05) is 18.1 Å². The fraction of sp³-hybridized carbons (Fsp3) is 0.667. The zero-order valence-corrected chi connectivity index (χ0v) is 9.92. The summed E-state index contributed by atoms with van der Waals surface area (Å²) in [6.07, 6.45) is 7.73. The van der Waals surface area contributed by atoms with Gasteiger partial charge in [0, 0.05) is 24.5 Å². The van der Waals surface area contributed by atoms with Crippen LogP contribution in [-0.2, 0) is 6.61 Å². The van der Waals surface area contributed by atoms with Gasteiger partial charge in [0.1, 0.15) is 0 Å². The van der Waals surface area contributed by atoms with Gasteiger partial charge in [-0.15, -0.1) is 0 Å². The molecule has 0 saturated carbocycles. The first-order valence-corrected chi connectivity index (χ1v) is 6.14. The van der Waals surface area contributed by atoms with Gasteiger partial charge >= 0.3 is 0 Å². The minimum absolute atomic E-state index is 0.0380. The van der Waals surface area contributed by atoms with Crippen molar-refractivity contribution >= 4 is 5.95 Å². The lowest BCUT2D eigenvalue weighted by atomic mass is 10.1. The minimum Gasteiger partial charge on any atom is -0.394 e. The van der Waals surface area contributed by atoms with Crippen molar-refractivity contribution < 1.29 is 10.2 Å². The van der Waals surface area contributed by atoms with Gasteiger partial charge in [-0.2, -0.15) is 0 Å². The summed E-state index contributed by atoms with van der Waals surface area (Å²) < 4.78 is 0. The molecule has 1 saturated heterocycles. The van der Waals surface area contributed by atoms with Crippen LogP contribution >= 0.6 is 0 Å². The van der Waals surface area contributed by atoms with E-state index >= 15 is 0 Å². The molecule has 0 aromatic carbocycles. The van der Waals surface area contributed by atoms with Gasteiger partial charge in [-0.05, 0) is 12.8 Å². The van der Waals surface area contributed by atoms with Crippen LogP contribution in [0.3, 0.4) is 0 Å². The van der Waals surface area contributed by atoms with Crippen molar-refractivity contribution in [1.82, 2.24) is 9.97 Å². The molecule has 1 atom stereocenters. The number of hydrogen-bond acceptors (Lipinski definition) is 5. The van der Waals surface area contributed by atoms with E-state index in [-0.39, 0.29) is 19.3 Å². The zero-order chi connectivity index (χ0) is 12.1. The van der Waals surface area contributed by atoms with E-state index in [9.17, 15) is 5.11 Å². The third-order valence-corrected chi connectivity index (χ3v) is 3.22. The Morgan fingerprint density at radius 2 is 1.94 bits per heavy atom. The van der Waals surface area contributed by atoms with E-state index < -0.39 is 0 Å². The highest BCUT2D eigenvalue weighted by Gasteiger charge is 2.22. The Kier molecular flexibility index (Phi) is 4.28. The number of aliphatic hydroxyl groups excluding tert-OH is 2. The van der Waals surface area contributed by atoms with Crippen LogP contribution in [0.4, 0.5) is 5.95 Å². The molecule has 0 spiro atoms. The maximum atomic E-state index is 9.41. The van der Waals surface area contributed by atoms with Crippen LogP contribution < -0.4 is 4.90 Å². The molecule has 0 bridgehead atoms. The Morgan fingerprint density at radius 3 is 2.59 bits per heavy atom. The zero-order valence-electron chi connectivity index (χ0n) is 9.92. The lowest BCUT2D eigenvalue weighted by Gasteiger charge is -2.28. The molecule has 1 aliphatic heterocycles. The summed E-state index contributed by atoms with van der Waals surface area (Å²) in [5, 5.41) is 18.4. The summed E-state index contributed by atoms with van der Waals surface area (Å²) in [5.41, 5.74) is 0.712. The lowest BCUT2D eigenvalue weighted by Crippen LogP contribution is -2.38. The molecule has 1 aliphatic rings. The molecule has 0 radical (unpaired) electrons. The molecule has 0 amide bonds. The monoisotopic (exact) mass is 237 g/mol. The predicted molar refractivity (Wildman–Crippen MR) is 64.6 cm³/mol. The van der Waals surface area contributed by atoms with Crippen molar-refractivity contribution in [2.24, 2.45) is 0 Å². The summed E-state index contributed by atoms with van der Waals surface area (Å²) >= 11 is 0. The Morgan fingerprint density at radius 1 is 1.18 bits per heavy atom. The third-order valence-electron chi connectivity index (χ3n) is 3.22. The summed E-state index contributed by atoms with van der Waals surface area (Å²) in [6, 6.07) is 0.123. The maximum Gasteiger partial charge on any atom is 0.225 e. The molecule has 2 heterocycles. The molecule has 1 fully saturated rings. The Balaban J connectivity index is 2.16. The normalized spacial score (nSPS) is 21.3. The summed E-state index contributed by atoms with van der Waals surface area (Å²) in [7, 11) is 0. The third kappa shape index (κ3) is 2.92. The molecule has 1 unspecified atom stereocenters. The summed E-state index contributed by atoms with van der Waals surface area (Å²) in [6.45, 7) is 0.999. The van der Waals surface area contributed by atoms with Crippen LogP contribution in [0.15, 0.2) is 12.4 Å². The lowest BCUT2D eigenvalue weighted by molar-refractivity contribution is 0.254. The minimum atomic E-state index is -0.0380. The first-order chi connectivity index (χ1) is 8.35. The molecule has 1 aromatic rings. The SMILES string of the molecule is OCc1cnc(N2CCCCCC2CO)nc1. The van der Waals surface area contributed by atoms with E-state index in [1.807, 2.05) is 0 Å². The fourth-order valence-corrected chi connectivity index (χ4v) is 2.21. The first kappa shape index (κ1) is 12.3. The molecule has 1 aromatic heterocycles. The fourth-order valence-electron chi connectivity index (χ4n) is 2.21. The topological polar surface area (TPSA) is 69.5 Å². The second-order valence-electron chi connectivity index (χ2n) is 4.43. The van der Waals surface area contributed by atoms with Crippen LogP contribution in [-0.4, -0.2) is 39.4 Å². The van der Waals surface area contributed by atoms with Gasteiger partial charge in [0.15, 0.2) is 0 Å². The van der Waals surface area contributed by atoms with Gasteiger partial charge < -0.3 is 15.1 Å². The highest BCUT2D eigenvalue weighted by molar-refractivity contribution is 5.32. The largest absolute Gasteiger partial charge is 0.394 e. The number of hydrogen-bond donors (Lipinski definition) is 2. The number of aliphatic hydroxyl groups is 2. The maximum absolute atomic E-state index is 9.41. The first-order valence-electron chi connectivity index (χ1n) is 6.14. The van der Waals surface area contributed by atoms with Gasteiger partial charge in [-0.1, -0.05) is 12.8 Å². The van der Waals surface area contributed by atoms with Gasteiger partial charge in [-0.25, -0.2) is 9.97 Å². The molecular formula is C12H19N3O2. The molecule has 2 N–H and O–H groups in total. The molecule has 94 valence electrons. The Bertz CT molecular complexity index is 342. The van der Waals surface area contributed by atoms with Crippen molar-refractivity contribution in [3.63, 3.8) is 0 Å². The average molecular weight is 237 g/mol. The van der Waals surface area contributed by atoms with E-state index in [1.54, 1.807) is 12.4 Å². The van der Waals surface area contributed by atoms with Crippen molar-refractivity contribution in [3.05, 3.63) is 18.0 Å². The van der Waals surface area contributed by atoms with Gasteiger partial charge in [0.05, 0.1) is 19.3 Å². The van der Waals surface area contributed by atoms with E-state index in [2.05, 4.69) is 14.9 Å². The number of rotatable bonds is 3. The number of aromatic nitrogens is 2. The van der Waals surface area contributed by atoms with E-state index in [4.69, 9.17) is 5.11 Å². The van der Waals surface area contributed by atoms with Crippen LogP contribution in [0.2, 0.25) is 0 Å². The quantitative estimate of drug-likeness (QED) is 0.810. The highest BCUT2D eigenvalue weighted by atomic mass is 16.3. The van der Waals surface area contributed by atoms with E-state index in [0.717, 1.165) is 25.8 Å². The highest BCUT2D eigenvalue weighted by Crippen LogP contribution is 2.20. The second kappa shape index (κ2) is 5.93. The summed E-state index contributed by atoms with van der Waals surface area (Å²) in [4.78, 5) is 10.6. The average Bonchev–Trinajstić information content (AvgIpc) is 2.64. The summed E-state index contributed by atoms with van der Waals surface area (Å²) in [5.74, 6) is 0.656. The molecule has 0 aliphatic carbocycles. The predicted octanol–water partition coefficient (Wildman–Crippen LogP) is 0.710. The van der Waals surface area contributed by atoms with Gasteiger partial charge in [0.25, 0.3) is 0 Å². The Hall–Kier alpha value is -1.20. The molecule has 2 rings (SSSR count). The van der Waals surface area contributed by atoms with Gasteiger partial charge in [0.2, 0.25) is 5.95 Å². The van der Waals surface area contributed by atoms with Crippen LogP contribution in [0, 0.1) is 0 Å². The van der Waals surface area contributed by atoms with Crippen LogP contribution in [0.1, 0.15) is 31.2 Å². The van der Waals surface area contributed by atoms with Crippen LogP contribution in [0.5, 0.6) is 0 Å². The van der Waals surface area contributed by atoms with Gasteiger partial charge in [-0.3, -0.25) is 0 Å². The number of anilines is 1. The molecule has 17 heavy (non-hydrogen) atoms. The van der Waals surface area contributed by atoms with Crippen LogP contribution in [0.25, 0.3) is 0 Å². The van der Waals surface area contributed by atoms with Crippen molar-refractivity contribution in [1.29, 1.82) is 0 Å². The molecular weight excluding hydrogens is 218 g/mol. The van der Waals surface area contributed by atoms with Crippen molar-refractivity contribution in [3.8, 4) is 0 Å². The Labute approximate surface area is 101 Å². The van der Waals surface area contributed by atoms with Crippen molar-refractivity contribution in [2.45, 2.75) is 38.3 Å². The molecule has 5 heteroatoms.